The first-order valence-electron chi connectivity index (χ1n) is 5.57. The zero-order valence-corrected chi connectivity index (χ0v) is 9.91. The summed E-state index contributed by atoms with van der Waals surface area (Å²) in [5.41, 5.74) is 0.321. The number of carbonyl (C=O) groups excluding carboxylic acids is 1. The molecule has 0 aliphatic carbocycles. The van der Waals surface area contributed by atoms with Crippen LogP contribution >= 0.6 is 11.6 Å². The van der Waals surface area contributed by atoms with Crippen LogP contribution in [0.5, 0.6) is 5.75 Å². The Bertz CT molecular complexity index is 466. The van der Waals surface area contributed by atoms with E-state index in [9.17, 15) is 4.79 Å². The molecule has 1 atom stereocenters. The van der Waals surface area contributed by atoms with Gasteiger partial charge in [0.25, 0.3) is 5.91 Å². The third kappa shape index (κ3) is 1.85. The van der Waals surface area contributed by atoms with Crippen LogP contribution in [0, 0.1) is 0 Å². The molecule has 17 heavy (non-hydrogen) atoms. The molecule has 1 N–H and O–H groups in total. The first-order chi connectivity index (χ1) is 8.25. The number of carbonyl (C=O) groups is 1. The van der Waals surface area contributed by atoms with E-state index in [2.05, 4.69) is 10.3 Å². The summed E-state index contributed by atoms with van der Waals surface area (Å²) in [5, 5.41) is 3.56. The summed E-state index contributed by atoms with van der Waals surface area (Å²) in [6.07, 6.45) is 0. The van der Waals surface area contributed by atoms with E-state index in [1.54, 1.807) is 12.1 Å². The second-order valence-electron chi connectivity index (χ2n) is 4.15. The Labute approximate surface area is 104 Å². The predicted octanol–water partition coefficient (Wildman–Crippen LogP) is 0.541. The van der Waals surface area contributed by atoms with Crippen LogP contribution in [0.4, 0.5) is 0 Å². The van der Waals surface area contributed by atoms with E-state index >= 15 is 0 Å². The van der Waals surface area contributed by atoms with Crippen LogP contribution in [0.2, 0.25) is 5.15 Å². The number of nitrogens with zero attached hydrogens (tertiary/aromatic N) is 2. The molecule has 0 aromatic carbocycles. The van der Waals surface area contributed by atoms with Gasteiger partial charge in [0.15, 0.2) is 11.4 Å². The van der Waals surface area contributed by atoms with E-state index in [0.29, 0.717) is 29.7 Å². The average molecular weight is 254 g/mol. The van der Waals surface area contributed by atoms with Gasteiger partial charge in [0.2, 0.25) is 0 Å². The highest BCUT2D eigenvalue weighted by molar-refractivity contribution is 6.29. The van der Waals surface area contributed by atoms with Crippen LogP contribution in [0.15, 0.2) is 12.1 Å². The van der Waals surface area contributed by atoms with Crippen molar-refractivity contribution in [1.82, 2.24) is 15.2 Å². The van der Waals surface area contributed by atoms with Gasteiger partial charge < -0.3 is 15.0 Å². The molecule has 1 saturated heterocycles. The molecule has 0 saturated carbocycles. The van der Waals surface area contributed by atoms with Crippen LogP contribution in [-0.4, -0.2) is 48.1 Å². The Morgan fingerprint density at radius 3 is 3.29 bits per heavy atom. The summed E-state index contributed by atoms with van der Waals surface area (Å²) >= 11 is 5.82. The number of nitrogens with one attached hydrogen (secondary N) is 1. The number of aromatic nitrogens is 1. The summed E-state index contributed by atoms with van der Waals surface area (Å²) in [7, 11) is 0. The van der Waals surface area contributed by atoms with Crippen molar-refractivity contribution in [3.05, 3.63) is 23.0 Å². The van der Waals surface area contributed by atoms with Crippen molar-refractivity contribution < 1.29 is 9.53 Å². The molecule has 1 fully saturated rings. The normalized spacial score (nSPS) is 23.5. The lowest BCUT2D eigenvalue weighted by molar-refractivity contribution is 0.0602. The second-order valence-corrected chi connectivity index (χ2v) is 4.54. The lowest BCUT2D eigenvalue weighted by atomic mass is 10.2. The minimum Gasteiger partial charge on any atom is -0.489 e. The van der Waals surface area contributed by atoms with Gasteiger partial charge in [-0.1, -0.05) is 11.6 Å². The Kier molecular flexibility index (Phi) is 2.64. The Hall–Kier alpha value is -1.33. The maximum atomic E-state index is 12.3. The maximum absolute atomic E-state index is 12.3. The largest absolute Gasteiger partial charge is 0.489 e. The lowest BCUT2D eigenvalue weighted by Crippen LogP contribution is -2.54. The zero-order chi connectivity index (χ0) is 11.8. The van der Waals surface area contributed by atoms with Crippen molar-refractivity contribution in [3.8, 4) is 5.75 Å². The van der Waals surface area contributed by atoms with E-state index in [4.69, 9.17) is 16.3 Å². The molecule has 5 nitrogen and oxygen atoms in total. The van der Waals surface area contributed by atoms with Gasteiger partial charge in [0, 0.05) is 19.6 Å². The molecule has 2 aliphatic heterocycles. The van der Waals surface area contributed by atoms with Gasteiger partial charge in [-0.15, -0.1) is 0 Å². The molecule has 0 spiro atoms. The summed E-state index contributed by atoms with van der Waals surface area (Å²) < 4.78 is 5.62. The van der Waals surface area contributed by atoms with Crippen LogP contribution in [0.1, 0.15) is 10.5 Å². The number of piperazine rings is 1. The standard InChI is InChI=1S/C11H12ClN3O2/c12-9-2-1-8-10(14-9)11(16)15-4-3-13-5-7(15)6-17-8/h1-2,7,13H,3-6H2. The molecular formula is C11H12ClN3O2. The molecular weight excluding hydrogens is 242 g/mol. The van der Waals surface area contributed by atoms with E-state index in [1.165, 1.54) is 0 Å². The quantitative estimate of drug-likeness (QED) is 0.686. The van der Waals surface area contributed by atoms with Gasteiger partial charge in [-0.2, -0.15) is 0 Å². The fraction of sp³-hybridized carbons (Fsp3) is 0.455. The highest BCUT2D eigenvalue weighted by Gasteiger charge is 2.33. The van der Waals surface area contributed by atoms with Gasteiger partial charge in [-0.25, -0.2) is 4.98 Å². The maximum Gasteiger partial charge on any atom is 0.276 e. The molecule has 1 amide bonds. The molecule has 3 rings (SSSR count). The number of hydrogen-bond donors (Lipinski definition) is 1. The van der Waals surface area contributed by atoms with E-state index in [0.717, 1.165) is 13.1 Å². The summed E-state index contributed by atoms with van der Waals surface area (Å²) in [6, 6.07) is 3.41. The average Bonchev–Trinajstić information content (AvgIpc) is 2.49. The molecule has 1 aromatic heterocycles. The smallest absolute Gasteiger partial charge is 0.276 e. The zero-order valence-electron chi connectivity index (χ0n) is 9.15. The minimum atomic E-state index is -0.0912. The van der Waals surface area contributed by atoms with E-state index in [1.807, 2.05) is 4.90 Å². The van der Waals surface area contributed by atoms with Crippen LogP contribution < -0.4 is 10.1 Å². The van der Waals surface area contributed by atoms with Gasteiger partial charge in [-0.05, 0) is 12.1 Å². The first-order valence-corrected chi connectivity index (χ1v) is 5.94. The van der Waals surface area contributed by atoms with Crippen molar-refractivity contribution in [2.24, 2.45) is 0 Å². The molecule has 1 unspecified atom stereocenters. The highest BCUT2D eigenvalue weighted by atomic mass is 35.5. The second kappa shape index (κ2) is 4.16. The van der Waals surface area contributed by atoms with E-state index < -0.39 is 0 Å². The number of hydrogen-bond acceptors (Lipinski definition) is 4. The van der Waals surface area contributed by atoms with Crippen LogP contribution in [0.3, 0.4) is 0 Å². The van der Waals surface area contributed by atoms with Crippen molar-refractivity contribution in [2.45, 2.75) is 6.04 Å². The lowest BCUT2D eigenvalue weighted by Gasteiger charge is -2.33. The minimum absolute atomic E-state index is 0.0734. The van der Waals surface area contributed by atoms with Gasteiger partial charge in [0.05, 0.1) is 6.04 Å². The number of ether oxygens (including phenoxy) is 1. The first kappa shape index (κ1) is 10.8. The molecule has 1 aromatic rings. The summed E-state index contributed by atoms with van der Waals surface area (Å²) in [6.45, 7) is 2.74. The number of fused-ring (bicyclic) bond motifs is 2. The van der Waals surface area contributed by atoms with Gasteiger partial charge in [0.1, 0.15) is 11.8 Å². The summed E-state index contributed by atoms with van der Waals surface area (Å²) in [5.74, 6) is 0.431. The Morgan fingerprint density at radius 1 is 1.53 bits per heavy atom. The monoisotopic (exact) mass is 253 g/mol. The van der Waals surface area contributed by atoms with Gasteiger partial charge >= 0.3 is 0 Å². The Morgan fingerprint density at radius 2 is 2.41 bits per heavy atom. The topological polar surface area (TPSA) is 54.5 Å². The van der Waals surface area contributed by atoms with Crippen LogP contribution in [-0.2, 0) is 0 Å². The van der Waals surface area contributed by atoms with Crippen molar-refractivity contribution >= 4 is 17.5 Å². The SMILES string of the molecule is O=C1c2nc(Cl)ccc2OCC2CNCCN12. The predicted molar refractivity (Wildman–Crippen MR) is 62.4 cm³/mol. The third-order valence-corrected chi connectivity index (χ3v) is 3.28. The number of amides is 1. The number of halogens is 1. The van der Waals surface area contributed by atoms with Gasteiger partial charge in [-0.3, -0.25) is 4.79 Å². The molecule has 3 heterocycles. The van der Waals surface area contributed by atoms with E-state index in [-0.39, 0.29) is 11.9 Å². The molecule has 90 valence electrons. The third-order valence-electron chi connectivity index (χ3n) is 3.07. The number of rotatable bonds is 0. The van der Waals surface area contributed by atoms with Crippen molar-refractivity contribution in [1.29, 1.82) is 0 Å². The molecule has 0 radical (unpaired) electrons. The fourth-order valence-corrected chi connectivity index (χ4v) is 2.34. The van der Waals surface area contributed by atoms with Crippen LogP contribution in [0.25, 0.3) is 0 Å². The summed E-state index contributed by atoms with van der Waals surface area (Å²) in [4.78, 5) is 18.2. The Balaban J connectivity index is 2.01. The van der Waals surface area contributed by atoms with Crippen molar-refractivity contribution in [3.63, 3.8) is 0 Å². The van der Waals surface area contributed by atoms with Crippen molar-refractivity contribution in [2.75, 3.05) is 26.2 Å². The molecule has 6 heteroatoms. The number of pyridine rings is 1. The molecule has 2 aliphatic rings. The highest BCUT2D eigenvalue weighted by Crippen LogP contribution is 2.25. The molecule has 0 bridgehead atoms. The fourth-order valence-electron chi connectivity index (χ4n) is 2.19.